The predicted molar refractivity (Wildman–Crippen MR) is 129 cm³/mol. The summed E-state index contributed by atoms with van der Waals surface area (Å²) >= 11 is 2.19. The highest BCUT2D eigenvalue weighted by Crippen LogP contribution is 2.40. The first-order valence-corrected chi connectivity index (χ1v) is 11.3. The maximum Gasteiger partial charge on any atom is 0.270 e. The number of hydrogen-bond donors (Lipinski definition) is 2. The molecule has 2 heterocycles. The Kier molecular flexibility index (Phi) is 6.21. The molecule has 1 aliphatic heterocycles. The van der Waals surface area contributed by atoms with Gasteiger partial charge in [0.1, 0.15) is 15.4 Å². The Hall–Kier alpha value is -3.28. The number of nitrogens with zero attached hydrogens (tertiary/aromatic N) is 4. The van der Waals surface area contributed by atoms with E-state index < -0.39 is 4.92 Å². The number of carbonyl (C=O) groups is 1. The molecule has 0 fully saturated rings. The van der Waals surface area contributed by atoms with Crippen molar-refractivity contribution < 1.29 is 9.72 Å². The lowest BCUT2D eigenvalue weighted by Crippen LogP contribution is -2.48. The number of hydrogen-bond acceptors (Lipinski definition) is 6. The van der Waals surface area contributed by atoms with Crippen molar-refractivity contribution in [2.75, 3.05) is 0 Å². The number of H-pyrrole nitrogens is 1. The summed E-state index contributed by atoms with van der Waals surface area (Å²) < 4.78 is -0.376. The molecule has 0 spiro atoms. The Morgan fingerprint density at radius 3 is 2.69 bits per heavy atom. The number of carbonyl (C=O) groups excluding carboxylic acids is 1. The number of non-ortho nitro benzene ring substituents is 1. The molecule has 0 radical (unpaired) electrons. The Bertz CT molecular complexity index is 1190. The molecule has 2 N–H and O–H groups in total. The molecule has 2 aromatic carbocycles. The maximum atomic E-state index is 12.9. The standard InChI is InChI=1S/C22H21IN6O3/c1-13(2)11-17-18-19(26-25-17)20(23)28(27-22(30)14-7-4-3-5-8-14)21(24-18)15-9-6-10-16(12-15)29(31)32/h3-10,12-13,20H,11H2,1-2H3,(H,25,26)(H,27,30). The van der Waals surface area contributed by atoms with Gasteiger partial charge in [-0.2, -0.15) is 5.10 Å². The minimum Gasteiger partial charge on any atom is -0.280 e. The first kappa shape index (κ1) is 21.9. The van der Waals surface area contributed by atoms with E-state index in [1.165, 1.54) is 12.1 Å². The third-order valence-electron chi connectivity index (χ3n) is 4.92. The molecule has 1 unspecified atom stereocenters. The van der Waals surface area contributed by atoms with Crippen LogP contribution in [0.2, 0.25) is 0 Å². The van der Waals surface area contributed by atoms with Crippen LogP contribution in [0, 0.1) is 16.0 Å². The van der Waals surface area contributed by atoms with Crippen LogP contribution < -0.4 is 5.43 Å². The fraction of sp³-hybridized carbons (Fsp3) is 0.227. The topological polar surface area (TPSA) is 117 Å². The minimum absolute atomic E-state index is 0.0510. The lowest BCUT2D eigenvalue weighted by atomic mass is 10.1. The van der Waals surface area contributed by atoms with Gasteiger partial charge >= 0.3 is 0 Å². The van der Waals surface area contributed by atoms with E-state index in [1.54, 1.807) is 41.4 Å². The molecule has 0 bridgehead atoms. The zero-order valence-electron chi connectivity index (χ0n) is 17.4. The quantitative estimate of drug-likeness (QED) is 0.154. The number of nitro benzene ring substituents is 1. The van der Waals surface area contributed by atoms with Crippen molar-refractivity contribution in [1.82, 2.24) is 20.6 Å². The largest absolute Gasteiger partial charge is 0.280 e. The molecule has 9 nitrogen and oxygen atoms in total. The van der Waals surface area contributed by atoms with E-state index in [1.807, 2.05) is 6.07 Å². The van der Waals surface area contributed by atoms with Gasteiger partial charge in [0.15, 0.2) is 5.84 Å². The average molecular weight is 544 g/mol. The number of aromatic nitrogens is 2. The zero-order chi connectivity index (χ0) is 22.8. The van der Waals surface area contributed by atoms with Crippen LogP contribution in [0.4, 0.5) is 11.4 Å². The molecule has 1 atom stereocenters. The number of amidine groups is 1. The molecule has 1 aliphatic rings. The second kappa shape index (κ2) is 9.07. The fourth-order valence-electron chi connectivity index (χ4n) is 3.45. The van der Waals surface area contributed by atoms with Crippen LogP contribution in [0.15, 0.2) is 59.6 Å². The van der Waals surface area contributed by atoms with Gasteiger partial charge < -0.3 is 0 Å². The van der Waals surface area contributed by atoms with Crippen LogP contribution in [-0.2, 0) is 6.42 Å². The summed E-state index contributed by atoms with van der Waals surface area (Å²) in [5.74, 6) is 0.488. The third kappa shape index (κ3) is 4.35. The first-order valence-electron chi connectivity index (χ1n) is 10.0. The third-order valence-corrected chi connectivity index (χ3v) is 6.07. The number of nitrogens with one attached hydrogen (secondary N) is 2. The average Bonchev–Trinajstić information content (AvgIpc) is 3.18. The van der Waals surface area contributed by atoms with Gasteiger partial charge in [0, 0.05) is 23.3 Å². The summed E-state index contributed by atoms with van der Waals surface area (Å²) in [6.07, 6.45) is 0.758. The van der Waals surface area contributed by atoms with Gasteiger partial charge in [-0.05, 0) is 47.1 Å². The van der Waals surface area contributed by atoms with Crippen molar-refractivity contribution in [1.29, 1.82) is 0 Å². The van der Waals surface area contributed by atoms with Crippen molar-refractivity contribution in [2.45, 2.75) is 24.3 Å². The van der Waals surface area contributed by atoms with Crippen molar-refractivity contribution in [3.05, 3.63) is 87.2 Å². The highest BCUT2D eigenvalue weighted by Gasteiger charge is 2.34. The number of nitro groups is 1. The molecule has 0 saturated heterocycles. The molecule has 10 heteroatoms. The normalized spacial score (nSPS) is 15.3. The number of aromatic amines is 1. The van der Waals surface area contributed by atoms with Gasteiger partial charge in [-0.15, -0.1) is 0 Å². The number of fused-ring (bicyclic) bond motifs is 1. The maximum absolute atomic E-state index is 12.9. The number of benzene rings is 2. The summed E-state index contributed by atoms with van der Waals surface area (Å²) in [6, 6.07) is 15.1. The van der Waals surface area contributed by atoms with Gasteiger partial charge in [-0.25, -0.2) is 10.0 Å². The van der Waals surface area contributed by atoms with Crippen LogP contribution in [-0.4, -0.2) is 31.9 Å². The monoisotopic (exact) mass is 544 g/mol. The molecule has 1 amide bonds. The first-order chi connectivity index (χ1) is 15.3. The van der Waals surface area contributed by atoms with Crippen molar-refractivity contribution >= 4 is 45.7 Å². The second-order valence-electron chi connectivity index (χ2n) is 7.79. The summed E-state index contributed by atoms with van der Waals surface area (Å²) in [6.45, 7) is 4.21. The van der Waals surface area contributed by atoms with Crippen LogP contribution in [0.5, 0.6) is 0 Å². The van der Waals surface area contributed by atoms with E-state index in [0.717, 1.165) is 12.1 Å². The van der Waals surface area contributed by atoms with Crippen molar-refractivity contribution in [2.24, 2.45) is 10.9 Å². The summed E-state index contributed by atoms with van der Waals surface area (Å²) in [5.41, 5.74) is 6.18. The van der Waals surface area contributed by atoms with Gasteiger partial charge in [-0.3, -0.25) is 25.4 Å². The van der Waals surface area contributed by atoms with Crippen LogP contribution in [0.3, 0.4) is 0 Å². The molecule has 32 heavy (non-hydrogen) atoms. The van der Waals surface area contributed by atoms with Crippen molar-refractivity contribution in [3.8, 4) is 0 Å². The van der Waals surface area contributed by atoms with E-state index in [-0.39, 0.29) is 15.6 Å². The molecule has 1 aromatic heterocycles. The Morgan fingerprint density at radius 2 is 2.00 bits per heavy atom. The van der Waals surface area contributed by atoms with E-state index in [4.69, 9.17) is 4.99 Å². The molecular formula is C22H21IN6O3. The predicted octanol–water partition coefficient (Wildman–Crippen LogP) is 4.69. The highest BCUT2D eigenvalue weighted by atomic mass is 127. The molecular weight excluding hydrogens is 523 g/mol. The van der Waals surface area contributed by atoms with Gasteiger partial charge in [0.25, 0.3) is 11.6 Å². The molecule has 3 aromatic rings. The Labute approximate surface area is 198 Å². The van der Waals surface area contributed by atoms with Crippen LogP contribution >= 0.6 is 22.6 Å². The van der Waals surface area contributed by atoms with Gasteiger partial charge in [0.05, 0.1) is 10.6 Å². The van der Waals surface area contributed by atoms with Gasteiger partial charge in [-0.1, -0.05) is 44.2 Å². The lowest BCUT2D eigenvalue weighted by Gasteiger charge is -2.33. The summed E-state index contributed by atoms with van der Waals surface area (Å²) in [7, 11) is 0. The van der Waals surface area contributed by atoms with E-state index in [2.05, 4.69) is 52.1 Å². The number of rotatable bonds is 6. The Balaban J connectivity index is 1.80. The molecule has 164 valence electrons. The van der Waals surface area contributed by atoms with E-state index in [9.17, 15) is 14.9 Å². The van der Waals surface area contributed by atoms with Crippen molar-refractivity contribution in [3.63, 3.8) is 0 Å². The second-order valence-corrected chi connectivity index (χ2v) is 8.97. The number of aliphatic imine (C=N–C) groups is 1. The number of halogens is 1. The van der Waals surface area contributed by atoms with Crippen LogP contribution in [0.1, 0.15) is 45.2 Å². The number of amides is 1. The molecule has 0 aliphatic carbocycles. The number of hydrazine groups is 1. The SMILES string of the molecule is CC(C)Cc1[nH]nc2c1N=C(c1cccc([N+](=O)[O-])c1)N(NC(=O)c1ccccc1)C2I. The van der Waals surface area contributed by atoms with E-state index in [0.29, 0.717) is 34.3 Å². The zero-order valence-corrected chi connectivity index (χ0v) is 19.6. The van der Waals surface area contributed by atoms with E-state index >= 15 is 0 Å². The summed E-state index contributed by atoms with van der Waals surface area (Å²) in [5, 5.41) is 20.5. The highest BCUT2D eigenvalue weighted by molar-refractivity contribution is 14.1. The van der Waals surface area contributed by atoms with Crippen LogP contribution in [0.25, 0.3) is 0 Å². The summed E-state index contributed by atoms with van der Waals surface area (Å²) in [4.78, 5) is 28.6. The smallest absolute Gasteiger partial charge is 0.270 e. The van der Waals surface area contributed by atoms with Gasteiger partial charge in [0.2, 0.25) is 0 Å². The fourth-order valence-corrected chi connectivity index (χ4v) is 4.29. The number of alkyl halides is 1. The Morgan fingerprint density at radius 1 is 1.25 bits per heavy atom. The molecule has 0 saturated carbocycles. The molecule has 4 rings (SSSR count). The lowest BCUT2D eigenvalue weighted by molar-refractivity contribution is -0.384. The minimum atomic E-state index is -0.450.